The topological polar surface area (TPSA) is 53.0 Å². The molecule has 28 heavy (non-hydrogen) atoms. The quantitative estimate of drug-likeness (QED) is 0.376. The first kappa shape index (κ1) is 22.7. The molecule has 1 aliphatic rings. The molecule has 1 saturated heterocycles. The third kappa shape index (κ3) is 6.22. The van der Waals surface area contributed by atoms with E-state index in [1.54, 1.807) is 7.05 Å². The summed E-state index contributed by atoms with van der Waals surface area (Å²) in [5, 5.41) is 4.19. The normalized spacial score (nSPS) is 14.4. The van der Waals surface area contributed by atoms with E-state index in [0.29, 0.717) is 6.54 Å². The third-order valence-corrected chi connectivity index (χ3v) is 4.77. The molecule has 0 amide bonds. The van der Waals surface area contributed by atoms with Gasteiger partial charge in [-0.3, -0.25) is 4.99 Å². The van der Waals surface area contributed by atoms with Crippen molar-refractivity contribution in [2.24, 2.45) is 4.99 Å². The van der Waals surface area contributed by atoms with Gasteiger partial charge in [-0.05, 0) is 23.8 Å². The van der Waals surface area contributed by atoms with Crippen molar-refractivity contribution in [2.75, 3.05) is 45.3 Å². The number of aromatic nitrogens is 1. The molecule has 2 heterocycles. The number of benzene rings is 1. The smallest absolute Gasteiger partial charge is 0.193 e. The van der Waals surface area contributed by atoms with E-state index in [4.69, 9.17) is 16.3 Å². The van der Waals surface area contributed by atoms with Gasteiger partial charge in [-0.2, -0.15) is 0 Å². The van der Waals surface area contributed by atoms with E-state index < -0.39 is 0 Å². The van der Waals surface area contributed by atoms with E-state index in [1.807, 2.05) is 43.6 Å². The first-order valence-corrected chi connectivity index (χ1v) is 9.48. The molecule has 1 aromatic heterocycles. The van der Waals surface area contributed by atoms with E-state index in [-0.39, 0.29) is 24.0 Å². The summed E-state index contributed by atoms with van der Waals surface area (Å²) in [6, 6.07) is 12.0. The van der Waals surface area contributed by atoms with Gasteiger partial charge in [0.25, 0.3) is 0 Å². The fraction of sp³-hybridized carbons (Fsp3) is 0.400. The summed E-state index contributed by atoms with van der Waals surface area (Å²) in [5.41, 5.74) is 2.33. The van der Waals surface area contributed by atoms with Crippen molar-refractivity contribution >= 4 is 47.4 Å². The van der Waals surface area contributed by atoms with Gasteiger partial charge in [-0.25, -0.2) is 4.98 Å². The van der Waals surface area contributed by atoms with Gasteiger partial charge < -0.3 is 19.9 Å². The van der Waals surface area contributed by atoms with Crippen LogP contribution in [0.5, 0.6) is 0 Å². The predicted molar refractivity (Wildman–Crippen MR) is 126 cm³/mol. The summed E-state index contributed by atoms with van der Waals surface area (Å²) in [6.07, 6.45) is 1.84. The summed E-state index contributed by atoms with van der Waals surface area (Å²) in [5.74, 6) is 1.85. The number of guanidine groups is 1. The highest BCUT2D eigenvalue weighted by Crippen LogP contribution is 2.18. The zero-order chi connectivity index (χ0) is 19.1. The summed E-state index contributed by atoms with van der Waals surface area (Å²) >= 11 is 5.97. The molecule has 3 rings (SSSR count). The van der Waals surface area contributed by atoms with Gasteiger partial charge in [0.1, 0.15) is 5.82 Å². The van der Waals surface area contributed by atoms with Gasteiger partial charge in [0.05, 0.1) is 13.2 Å². The maximum Gasteiger partial charge on any atom is 0.193 e. The fourth-order valence-corrected chi connectivity index (χ4v) is 3.25. The Morgan fingerprint density at radius 1 is 1.25 bits per heavy atom. The molecule has 0 unspecified atom stereocenters. The van der Waals surface area contributed by atoms with Crippen LogP contribution in [0.25, 0.3) is 0 Å². The molecular formula is C20H27ClIN5O. The number of ether oxygens (including phenoxy) is 1. The van der Waals surface area contributed by atoms with E-state index in [1.165, 1.54) is 5.56 Å². The average molecular weight is 516 g/mol. The van der Waals surface area contributed by atoms with Crippen LogP contribution in [0.3, 0.4) is 0 Å². The van der Waals surface area contributed by atoms with Gasteiger partial charge in [0.15, 0.2) is 5.96 Å². The van der Waals surface area contributed by atoms with Gasteiger partial charge in [0.2, 0.25) is 0 Å². The maximum atomic E-state index is 5.97. The minimum absolute atomic E-state index is 0. The molecule has 1 aliphatic heterocycles. The van der Waals surface area contributed by atoms with Gasteiger partial charge >= 0.3 is 0 Å². The van der Waals surface area contributed by atoms with Crippen LogP contribution in [-0.4, -0.2) is 56.2 Å². The molecule has 0 bridgehead atoms. The zero-order valence-electron chi connectivity index (χ0n) is 16.3. The van der Waals surface area contributed by atoms with Crippen LogP contribution in [0.4, 0.5) is 5.82 Å². The summed E-state index contributed by atoms with van der Waals surface area (Å²) < 4.78 is 5.45. The summed E-state index contributed by atoms with van der Waals surface area (Å²) in [6.45, 7) is 4.65. The van der Waals surface area contributed by atoms with Gasteiger partial charge in [-0.15, -0.1) is 24.0 Å². The number of morpholine rings is 1. The highest BCUT2D eigenvalue weighted by molar-refractivity contribution is 14.0. The van der Waals surface area contributed by atoms with Crippen LogP contribution in [0.15, 0.2) is 47.6 Å². The van der Waals surface area contributed by atoms with Crippen molar-refractivity contribution in [3.05, 3.63) is 58.7 Å². The SMILES string of the molecule is CN=C(NCc1cccnc1N1CCOCC1)N(C)Cc1ccc(Cl)cc1.I. The summed E-state index contributed by atoms with van der Waals surface area (Å²) in [7, 11) is 3.82. The van der Waals surface area contributed by atoms with Crippen molar-refractivity contribution in [3.63, 3.8) is 0 Å². The number of rotatable bonds is 5. The Morgan fingerprint density at radius 3 is 2.64 bits per heavy atom. The molecule has 0 atom stereocenters. The first-order chi connectivity index (χ1) is 13.2. The molecular weight excluding hydrogens is 489 g/mol. The number of anilines is 1. The zero-order valence-corrected chi connectivity index (χ0v) is 19.4. The van der Waals surface area contributed by atoms with Gasteiger partial charge in [0, 0.05) is 57.1 Å². The Kier molecular flexibility index (Phi) is 9.27. The van der Waals surface area contributed by atoms with Crippen molar-refractivity contribution in [1.82, 2.24) is 15.2 Å². The molecule has 0 aliphatic carbocycles. The molecule has 1 fully saturated rings. The van der Waals surface area contributed by atoms with Crippen molar-refractivity contribution in [2.45, 2.75) is 13.1 Å². The van der Waals surface area contributed by atoms with Crippen LogP contribution in [0.2, 0.25) is 5.02 Å². The van der Waals surface area contributed by atoms with E-state index >= 15 is 0 Å². The number of hydrogen-bond acceptors (Lipinski definition) is 4. The standard InChI is InChI=1S/C20H26ClN5O.HI/c1-22-20(25(2)15-16-5-7-18(21)8-6-16)24-14-17-4-3-9-23-19(17)26-10-12-27-13-11-26;/h3-9H,10-15H2,1-2H3,(H,22,24);1H. The molecule has 2 aromatic rings. The molecule has 8 heteroatoms. The van der Waals surface area contributed by atoms with Crippen LogP contribution in [0.1, 0.15) is 11.1 Å². The molecule has 152 valence electrons. The van der Waals surface area contributed by atoms with Crippen molar-refractivity contribution < 1.29 is 4.74 Å². The first-order valence-electron chi connectivity index (χ1n) is 9.10. The monoisotopic (exact) mass is 515 g/mol. The maximum absolute atomic E-state index is 5.97. The van der Waals surface area contributed by atoms with Crippen LogP contribution in [0, 0.1) is 0 Å². The molecule has 0 spiro atoms. The second kappa shape index (κ2) is 11.4. The Morgan fingerprint density at radius 2 is 1.96 bits per heavy atom. The third-order valence-electron chi connectivity index (χ3n) is 4.52. The van der Waals surface area contributed by atoms with Crippen molar-refractivity contribution in [1.29, 1.82) is 0 Å². The van der Waals surface area contributed by atoms with E-state index in [0.717, 1.165) is 55.2 Å². The molecule has 1 aromatic carbocycles. The lowest BCUT2D eigenvalue weighted by atomic mass is 10.2. The predicted octanol–water partition coefficient (Wildman–Crippen LogP) is 3.40. The lowest BCUT2D eigenvalue weighted by molar-refractivity contribution is 0.122. The van der Waals surface area contributed by atoms with E-state index in [9.17, 15) is 0 Å². The lowest BCUT2D eigenvalue weighted by Gasteiger charge is -2.30. The van der Waals surface area contributed by atoms with Crippen LogP contribution >= 0.6 is 35.6 Å². The van der Waals surface area contributed by atoms with E-state index in [2.05, 4.69) is 31.2 Å². The Labute approximate surface area is 189 Å². The van der Waals surface area contributed by atoms with Crippen molar-refractivity contribution in [3.8, 4) is 0 Å². The fourth-order valence-electron chi connectivity index (χ4n) is 3.13. The number of pyridine rings is 1. The largest absolute Gasteiger partial charge is 0.378 e. The number of nitrogens with zero attached hydrogens (tertiary/aromatic N) is 4. The second-order valence-corrected chi connectivity index (χ2v) is 6.91. The lowest BCUT2D eigenvalue weighted by Crippen LogP contribution is -2.40. The average Bonchev–Trinajstić information content (AvgIpc) is 2.71. The minimum atomic E-state index is 0. The molecule has 0 saturated carbocycles. The van der Waals surface area contributed by atoms with Gasteiger partial charge in [-0.1, -0.05) is 29.8 Å². The Bertz CT molecular complexity index is 765. The highest BCUT2D eigenvalue weighted by atomic mass is 127. The number of halogens is 2. The Hall–Kier alpha value is -1.58. The minimum Gasteiger partial charge on any atom is -0.378 e. The molecule has 0 radical (unpaired) electrons. The second-order valence-electron chi connectivity index (χ2n) is 6.47. The number of hydrogen-bond donors (Lipinski definition) is 1. The van der Waals surface area contributed by atoms with Crippen LogP contribution in [-0.2, 0) is 17.8 Å². The molecule has 6 nitrogen and oxygen atoms in total. The molecule has 1 N–H and O–H groups in total. The number of aliphatic imine (C=N–C) groups is 1. The highest BCUT2D eigenvalue weighted by Gasteiger charge is 2.16. The Balaban J connectivity index is 0.00000280. The summed E-state index contributed by atoms with van der Waals surface area (Å²) in [4.78, 5) is 13.4. The number of nitrogens with one attached hydrogen (secondary N) is 1. The van der Waals surface area contributed by atoms with Crippen LogP contribution < -0.4 is 10.2 Å².